The number of hydrogen-bond acceptors (Lipinski definition) is 4. The van der Waals surface area contributed by atoms with Gasteiger partial charge in [-0.05, 0) is 41.5 Å². The first-order valence-corrected chi connectivity index (χ1v) is 8.58. The number of carbonyl (C=O) groups is 2. The van der Waals surface area contributed by atoms with Gasteiger partial charge in [0.25, 0.3) is 0 Å². The van der Waals surface area contributed by atoms with E-state index in [0.717, 1.165) is 16.8 Å². The molecule has 0 unspecified atom stereocenters. The smallest absolute Gasteiger partial charge is 0.335 e. The van der Waals surface area contributed by atoms with E-state index in [2.05, 4.69) is 10.0 Å². The summed E-state index contributed by atoms with van der Waals surface area (Å²) in [5.41, 5.74) is 2.33. The number of carboxylic acid groups (broad SMARTS) is 1. The Labute approximate surface area is 138 Å². The van der Waals surface area contributed by atoms with E-state index in [-0.39, 0.29) is 29.3 Å². The molecule has 1 heterocycles. The van der Waals surface area contributed by atoms with E-state index >= 15 is 0 Å². The molecule has 7 nitrogen and oxygen atoms in total. The highest BCUT2D eigenvalue weighted by Crippen LogP contribution is 2.24. The van der Waals surface area contributed by atoms with E-state index < -0.39 is 16.0 Å². The van der Waals surface area contributed by atoms with Gasteiger partial charge in [0.1, 0.15) is 0 Å². The van der Waals surface area contributed by atoms with Crippen LogP contribution in [0.15, 0.2) is 47.4 Å². The topological polar surface area (TPSA) is 113 Å². The van der Waals surface area contributed by atoms with Gasteiger partial charge in [-0.2, -0.15) is 0 Å². The Morgan fingerprint density at radius 2 is 1.88 bits per heavy atom. The van der Waals surface area contributed by atoms with E-state index in [1.54, 1.807) is 18.2 Å². The molecule has 0 saturated heterocycles. The Morgan fingerprint density at radius 1 is 1.17 bits per heavy atom. The highest BCUT2D eigenvalue weighted by Gasteiger charge is 2.19. The van der Waals surface area contributed by atoms with Crippen molar-refractivity contribution in [3.05, 3.63) is 59.2 Å². The van der Waals surface area contributed by atoms with E-state index in [1.165, 1.54) is 24.3 Å². The van der Waals surface area contributed by atoms with Crippen molar-refractivity contribution in [3.63, 3.8) is 0 Å². The monoisotopic (exact) mass is 346 g/mol. The Kier molecular flexibility index (Phi) is 4.08. The largest absolute Gasteiger partial charge is 0.478 e. The minimum Gasteiger partial charge on any atom is -0.478 e. The standard InChI is InChI=1S/C16H14N2O5S/c19-15-8-12-7-10(1-6-14(12)18-15)9-17-24(22,23)13-4-2-11(3-5-13)16(20)21/h1-7,17H,8-9H2,(H,18,19)(H,20,21). The van der Waals surface area contributed by atoms with Crippen LogP contribution in [-0.2, 0) is 27.8 Å². The summed E-state index contributed by atoms with van der Waals surface area (Å²) in [5, 5.41) is 11.5. The Bertz CT molecular complexity index is 920. The maximum Gasteiger partial charge on any atom is 0.335 e. The summed E-state index contributed by atoms with van der Waals surface area (Å²) >= 11 is 0. The maximum absolute atomic E-state index is 12.2. The SMILES string of the molecule is O=C1Cc2cc(CNS(=O)(=O)c3ccc(C(=O)O)cc3)ccc2N1. The van der Waals surface area contributed by atoms with Gasteiger partial charge in [-0.25, -0.2) is 17.9 Å². The molecule has 8 heteroatoms. The first kappa shape index (κ1) is 16.2. The summed E-state index contributed by atoms with van der Waals surface area (Å²) < 4.78 is 27.0. The maximum atomic E-state index is 12.2. The van der Waals surface area contributed by atoms with Crippen LogP contribution in [-0.4, -0.2) is 25.4 Å². The number of rotatable bonds is 5. The fourth-order valence-electron chi connectivity index (χ4n) is 2.43. The molecule has 24 heavy (non-hydrogen) atoms. The zero-order valence-electron chi connectivity index (χ0n) is 12.4. The van der Waals surface area contributed by atoms with Crippen LogP contribution >= 0.6 is 0 Å². The predicted molar refractivity (Wildman–Crippen MR) is 86.2 cm³/mol. The number of carboxylic acids is 1. The predicted octanol–water partition coefficient (Wildman–Crippen LogP) is 1.36. The lowest BCUT2D eigenvalue weighted by molar-refractivity contribution is -0.115. The minimum atomic E-state index is -3.75. The second-order valence-corrected chi connectivity index (χ2v) is 7.14. The summed E-state index contributed by atoms with van der Waals surface area (Å²) in [5.74, 6) is -1.20. The molecule has 124 valence electrons. The lowest BCUT2D eigenvalue weighted by Gasteiger charge is -2.08. The van der Waals surface area contributed by atoms with Gasteiger partial charge in [-0.15, -0.1) is 0 Å². The van der Waals surface area contributed by atoms with E-state index in [4.69, 9.17) is 5.11 Å². The molecule has 1 aliphatic heterocycles. The summed E-state index contributed by atoms with van der Waals surface area (Å²) in [6, 6.07) is 10.2. The summed E-state index contributed by atoms with van der Waals surface area (Å²) in [6.07, 6.45) is 0.284. The van der Waals surface area contributed by atoms with Crippen LogP contribution < -0.4 is 10.0 Å². The van der Waals surface area contributed by atoms with Crippen molar-refractivity contribution in [1.82, 2.24) is 4.72 Å². The van der Waals surface area contributed by atoms with Crippen molar-refractivity contribution < 1.29 is 23.1 Å². The third kappa shape index (κ3) is 3.29. The molecule has 0 aromatic heterocycles. The normalized spacial score (nSPS) is 13.4. The first-order valence-electron chi connectivity index (χ1n) is 7.10. The summed E-state index contributed by atoms with van der Waals surface area (Å²) in [6.45, 7) is 0.0739. The number of benzene rings is 2. The van der Waals surface area contributed by atoms with Gasteiger partial charge < -0.3 is 10.4 Å². The molecular formula is C16H14N2O5S. The number of hydrogen-bond donors (Lipinski definition) is 3. The molecule has 0 aliphatic carbocycles. The lowest BCUT2D eigenvalue weighted by atomic mass is 10.1. The van der Waals surface area contributed by atoms with Crippen molar-refractivity contribution in [2.75, 3.05) is 5.32 Å². The van der Waals surface area contributed by atoms with Gasteiger partial charge in [0.05, 0.1) is 16.9 Å². The molecule has 0 radical (unpaired) electrons. The molecule has 3 rings (SSSR count). The number of fused-ring (bicyclic) bond motifs is 1. The van der Waals surface area contributed by atoms with Crippen LogP contribution in [0.1, 0.15) is 21.5 Å². The number of nitrogens with one attached hydrogen (secondary N) is 2. The van der Waals surface area contributed by atoms with Gasteiger partial charge in [-0.3, -0.25) is 4.79 Å². The fourth-order valence-corrected chi connectivity index (χ4v) is 3.45. The molecule has 0 spiro atoms. The quantitative estimate of drug-likeness (QED) is 0.757. The highest BCUT2D eigenvalue weighted by molar-refractivity contribution is 7.89. The average Bonchev–Trinajstić information content (AvgIpc) is 2.92. The van der Waals surface area contributed by atoms with Gasteiger partial charge in [-0.1, -0.05) is 12.1 Å². The number of aromatic carboxylic acids is 1. The van der Waals surface area contributed by atoms with Crippen LogP contribution in [0, 0.1) is 0 Å². The van der Waals surface area contributed by atoms with Crippen LogP contribution in [0.2, 0.25) is 0 Å². The zero-order valence-corrected chi connectivity index (χ0v) is 13.3. The van der Waals surface area contributed by atoms with Gasteiger partial charge in [0.15, 0.2) is 0 Å². The molecule has 2 aromatic carbocycles. The average molecular weight is 346 g/mol. The molecule has 3 N–H and O–H groups in total. The Balaban J connectivity index is 1.72. The second kappa shape index (κ2) is 6.06. The molecule has 2 aromatic rings. The Hall–Kier alpha value is -2.71. The van der Waals surface area contributed by atoms with Crippen molar-refractivity contribution in [2.45, 2.75) is 17.9 Å². The van der Waals surface area contributed by atoms with E-state index in [1.807, 2.05) is 0 Å². The number of carbonyl (C=O) groups excluding carboxylic acids is 1. The van der Waals surface area contributed by atoms with Crippen molar-refractivity contribution >= 4 is 27.6 Å². The van der Waals surface area contributed by atoms with Crippen molar-refractivity contribution in [3.8, 4) is 0 Å². The molecule has 0 saturated carbocycles. The molecule has 1 amide bonds. The zero-order chi connectivity index (χ0) is 17.3. The van der Waals surface area contributed by atoms with E-state index in [9.17, 15) is 18.0 Å². The third-order valence-corrected chi connectivity index (χ3v) is 5.09. The number of anilines is 1. The van der Waals surface area contributed by atoms with Crippen molar-refractivity contribution in [2.24, 2.45) is 0 Å². The van der Waals surface area contributed by atoms with Crippen LogP contribution in [0.4, 0.5) is 5.69 Å². The van der Waals surface area contributed by atoms with Crippen LogP contribution in [0.3, 0.4) is 0 Å². The number of amides is 1. The van der Waals surface area contributed by atoms with Gasteiger partial charge in [0.2, 0.25) is 15.9 Å². The molecule has 0 fully saturated rings. The van der Waals surface area contributed by atoms with Gasteiger partial charge >= 0.3 is 5.97 Å². The van der Waals surface area contributed by atoms with Crippen LogP contribution in [0.25, 0.3) is 0 Å². The van der Waals surface area contributed by atoms with Crippen molar-refractivity contribution in [1.29, 1.82) is 0 Å². The molecular weight excluding hydrogens is 332 g/mol. The first-order chi connectivity index (χ1) is 11.3. The van der Waals surface area contributed by atoms with Crippen LogP contribution in [0.5, 0.6) is 0 Å². The summed E-state index contributed by atoms with van der Waals surface area (Å²) in [7, 11) is -3.75. The molecule has 1 aliphatic rings. The van der Waals surface area contributed by atoms with Gasteiger partial charge in [0, 0.05) is 12.2 Å². The highest BCUT2D eigenvalue weighted by atomic mass is 32.2. The van der Waals surface area contributed by atoms with E-state index in [0.29, 0.717) is 0 Å². The third-order valence-electron chi connectivity index (χ3n) is 3.67. The lowest BCUT2D eigenvalue weighted by Crippen LogP contribution is -2.23. The number of sulfonamides is 1. The fraction of sp³-hybridized carbons (Fsp3) is 0.125. The Morgan fingerprint density at radius 3 is 2.54 bits per heavy atom. The second-order valence-electron chi connectivity index (χ2n) is 5.37. The molecule has 0 bridgehead atoms. The molecule has 0 atom stereocenters. The summed E-state index contributed by atoms with van der Waals surface area (Å²) in [4.78, 5) is 22.1. The minimum absolute atomic E-state index is 0.00879.